The summed E-state index contributed by atoms with van der Waals surface area (Å²) in [6, 6.07) is 3.43. The summed E-state index contributed by atoms with van der Waals surface area (Å²) in [5, 5.41) is 0.729. The number of fused-ring (bicyclic) bond motifs is 1. The maximum atomic E-state index is 11.8. The van der Waals surface area contributed by atoms with Gasteiger partial charge in [0.05, 0.1) is 37.2 Å². The third-order valence-electron chi connectivity index (χ3n) is 3.40. The third-order valence-corrected chi connectivity index (χ3v) is 3.40. The van der Waals surface area contributed by atoms with E-state index in [9.17, 15) is 4.79 Å². The predicted octanol–water partition coefficient (Wildman–Crippen LogP) is 2.92. The Labute approximate surface area is 127 Å². The van der Waals surface area contributed by atoms with Crippen molar-refractivity contribution in [3.63, 3.8) is 0 Å². The topological polar surface area (TPSA) is 66.5 Å². The first-order valence-electron chi connectivity index (χ1n) is 6.88. The molecule has 0 fully saturated rings. The number of aromatic nitrogens is 2. The second kappa shape index (κ2) is 5.93. The maximum absolute atomic E-state index is 11.8. The largest absolute Gasteiger partial charge is 0.495 e. The average Bonchev–Trinajstić information content (AvgIpc) is 3.17. The van der Waals surface area contributed by atoms with E-state index in [0.29, 0.717) is 35.8 Å². The van der Waals surface area contributed by atoms with Crippen LogP contribution in [0.25, 0.3) is 11.0 Å². The van der Waals surface area contributed by atoms with E-state index in [-0.39, 0.29) is 5.78 Å². The molecule has 0 unspecified atom stereocenters. The highest BCUT2D eigenvalue weighted by atomic mass is 16.5. The molecule has 2 aromatic heterocycles. The van der Waals surface area contributed by atoms with Crippen LogP contribution in [0.4, 0.5) is 0 Å². The molecular weight excluding hydrogens is 284 g/mol. The van der Waals surface area contributed by atoms with Gasteiger partial charge in [-0.3, -0.25) is 4.79 Å². The van der Waals surface area contributed by atoms with Gasteiger partial charge >= 0.3 is 0 Å². The Morgan fingerprint density at radius 2 is 2.32 bits per heavy atom. The quantitative estimate of drug-likeness (QED) is 0.655. The number of hydrogen-bond acceptors (Lipinski definition) is 5. The fourth-order valence-corrected chi connectivity index (χ4v) is 2.35. The molecule has 0 spiro atoms. The van der Waals surface area contributed by atoms with Gasteiger partial charge in [-0.05, 0) is 19.1 Å². The van der Waals surface area contributed by atoms with E-state index in [0.717, 1.165) is 5.39 Å². The number of Topliss-reactive ketones (excluding diaryl/α,β-unsaturated/α-hetero) is 1. The first-order valence-corrected chi connectivity index (χ1v) is 6.88. The van der Waals surface area contributed by atoms with Crippen LogP contribution < -0.4 is 9.47 Å². The molecule has 22 heavy (non-hydrogen) atoms. The van der Waals surface area contributed by atoms with Crippen LogP contribution in [0, 0.1) is 0 Å². The molecule has 3 aromatic rings. The van der Waals surface area contributed by atoms with Crippen molar-refractivity contribution in [3.8, 4) is 11.5 Å². The van der Waals surface area contributed by atoms with Gasteiger partial charge in [-0.15, -0.1) is 0 Å². The number of imidazole rings is 1. The molecule has 114 valence electrons. The van der Waals surface area contributed by atoms with Gasteiger partial charge in [-0.25, -0.2) is 4.98 Å². The molecule has 6 nitrogen and oxygen atoms in total. The average molecular weight is 300 g/mol. The highest BCUT2D eigenvalue weighted by molar-refractivity contribution is 6.04. The van der Waals surface area contributed by atoms with Crippen molar-refractivity contribution in [2.75, 3.05) is 13.7 Å². The van der Waals surface area contributed by atoms with Gasteiger partial charge in [0.25, 0.3) is 0 Å². The van der Waals surface area contributed by atoms with Crippen LogP contribution >= 0.6 is 0 Å². The van der Waals surface area contributed by atoms with E-state index in [2.05, 4.69) is 4.98 Å². The molecule has 6 heteroatoms. The summed E-state index contributed by atoms with van der Waals surface area (Å²) in [5.41, 5.74) is 1.06. The van der Waals surface area contributed by atoms with Crippen LogP contribution in [0.15, 0.2) is 41.5 Å². The lowest BCUT2D eigenvalue weighted by molar-refractivity contribution is 0.101. The molecular formula is C16H16N2O4. The van der Waals surface area contributed by atoms with E-state index < -0.39 is 0 Å². The minimum atomic E-state index is -0.0839. The number of carbonyl (C=O) groups is 1. The smallest absolute Gasteiger partial charge is 0.179 e. The Kier molecular flexibility index (Phi) is 3.82. The zero-order valence-electron chi connectivity index (χ0n) is 12.4. The fourth-order valence-electron chi connectivity index (χ4n) is 2.35. The van der Waals surface area contributed by atoms with E-state index in [1.54, 1.807) is 30.9 Å². The molecule has 0 radical (unpaired) electrons. The van der Waals surface area contributed by atoms with Crippen molar-refractivity contribution in [2.45, 2.75) is 13.5 Å². The van der Waals surface area contributed by atoms with Gasteiger partial charge < -0.3 is 18.5 Å². The molecule has 0 atom stereocenters. The van der Waals surface area contributed by atoms with E-state index in [4.69, 9.17) is 13.9 Å². The lowest BCUT2D eigenvalue weighted by Gasteiger charge is -2.12. The highest BCUT2D eigenvalue weighted by Gasteiger charge is 2.18. The summed E-state index contributed by atoms with van der Waals surface area (Å²) in [6.07, 6.45) is 6.85. The second-order valence-corrected chi connectivity index (χ2v) is 4.82. The second-order valence-electron chi connectivity index (χ2n) is 4.82. The van der Waals surface area contributed by atoms with Crippen LogP contribution in [0.5, 0.6) is 11.5 Å². The van der Waals surface area contributed by atoms with E-state index in [1.807, 2.05) is 10.8 Å². The lowest BCUT2D eigenvalue weighted by Crippen LogP contribution is -2.07. The fraction of sp³-hybridized carbons (Fsp3) is 0.250. The van der Waals surface area contributed by atoms with Crippen LogP contribution in [-0.2, 0) is 6.54 Å². The minimum absolute atomic E-state index is 0.0839. The normalized spacial score (nSPS) is 10.8. The number of furan rings is 1. The third kappa shape index (κ3) is 2.55. The Hall–Kier alpha value is -2.76. The number of carbonyl (C=O) groups excluding carboxylic acids is 1. The van der Waals surface area contributed by atoms with Crippen LogP contribution in [-0.4, -0.2) is 29.1 Å². The summed E-state index contributed by atoms with van der Waals surface area (Å²) in [6.45, 7) is 2.60. The van der Waals surface area contributed by atoms with Gasteiger partial charge in [-0.1, -0.05) is 0 Å². The maximum Gasteiger partial charge on any atom is 0.179 e. The van der Waals surface area contributed by atoms with Crippen molar-refractivity contribution >= 4 is 16.8 Å². The molecule has 0 aliphatic rings. The molecule has 0 bridgehead atoms. The summed E-state index contributed by atoms with van der Waals surface area (Å²) in [5.74, 6) is 0.962. The highest BCUT2D eigenvalue weighted by Crippen LogP contribution is 2.37. The van der Waals surface area contributed by atoms with Crippen molar-refractivity contribution in [1.82, 2.24) is 9.55 Å². The van der Waals surface area contributed by atoms with Crippen molar-refractivity contribution in [2.24, 2.45) is 0 Å². The van der Waals surface area contributed by atoms with Gasteiger partial charge in [0.15, 0.2) is 17.1 Å². The zero-order valence-corrected chi connectivity index (χ0v) is 12.4. The molecule has 0 N–H and O–H groups in total. The number of hydrogen-bond donors (Lipinski definition) is 0. The monoisotopic (exact) mass is 300 g/mol. The SMILES string of the molecule is COc1c(C(C)=O)cc(OCCn2ccnc2)c2occc12. The number of ketones is 1. The van der Waals surface area contributed by atoms with E-state index in [1.165, 1.54) is 14.0 Å². The minimum Gasteiger partial charge on any atom is -0.495 e. The van der Waals surface area contributed by atoms with Gasteiger partial charge in [-0.2, -0.15) is 0 Å². The summed E-state index contributed by atoms with van der Waals surface area (Å²) in [4.78, 5) is 15.8. The first kappa shape index (κ1) is 14.2. The van der Waals surface area contributed by atoms with Crippen molar-refractivity contribution < 1.29 is 18.7 Å². The molecule has 3 rings (SSSR count). The summed E-state index contributed by atoms with van der Waals surface area (Å²) in [7, 11) is 1.54. The van der Waals surface area contributed by atoms with Crippen LogP contribution in [0.1, 0.15) is 17.3 Å². The Morgan fingerprint density at radius 3 is 3.00 bits per heavy atom. The van der Waals surface area contributed by atoms with Gasteiger partial charge in [0.1, 0.15) is 12.4 Å². The van der Waals surface area contributed by atoms with Gasteiger partial charge in [0.2, 0.25) is 0 Å². The lowest BCUT2D eigenvalue weighted by atomic mass is 10.1. The Balaban J connectivity index is 1.91. The van der Waals surface area contributed by atoms with Crippen LogP contribution in [0.3, 0.4) is 0 Å². The number of benzene rings is 1. The summed E-state index contributed by atoms with van der Waals surface area (Å²) >= 11 is 0. The van der Waals surface area contributed by atoms with Crippen molar-refractivity contribution in [1.29, 1.82) is 0 Å². The predicted molar refractivity (Wildman–Crippen MR) is 80.5 cm³/mol. The molecule has 0 aliphatic heterocycles. The van der Waals surface area contributed by atoms with E-state index >= 15 is 0 Å². The molecule has 0 amide bonds. The molecule has 1 aromatic carbocycles. The standard InChI is InChI=1S/C16H16N2O4/c1-11(19)13-9-14(21-8-6-18-5-4-17-10-18)16-12(3-7-22-16)15(13)20-2/h3-5,7,9-10H,6,8H2,1-2H3. The number of ether oxygens (including phenoxy) is 2. The molecule has 0 aliphatic carbocycles. The zero-order chi connectivity index (χ0) is 15.5. The Bertz CT molecular complexity index is 790. The van der Waals surface area contributed by atoms with Gasteiger partial charge in [0, 0.05) is 12.4 Å². The summed E-state index contributed by atoms with van der Waals surface area (Å²) < 4.78 is 18.5. The number of methoxy groups -OCH3 is 1. The molecule has 0 saturated carbocycles. The first-order chi connectivity index (χ1) is 10.7. The molecule has 0 saturated heterocycles. The number of nitrogens with zero attached hydrogens (tertiary/aromatic N) is 2. The Morgan fingerprint density at radius 1 is 1.45 bits per heavy atom. The number of rotatable bonds is 6. The molecule has 2 heterocycles. The van der Waals surface area contributed by atoms with Crippen molar-refractivity contribution in [3.05, 3.63) is 42.7 Å². The van der Waals surface area contributed by atoms with Crippen LogP contribution in [0.2, 0.25) is 0 Å².